The number of unbranched alkanes of at least 4 members (excludes halogenated alkanes) is 1. The van der Waals surface area contributed by atoms with Gasteiger partial charge in [0.15, 0.2) is 0 Å². The standard InChI is InChI=1S/C9H18N2O/c1-3-4-6-10-8-5-7-11(2)9(8)12/h8,10H,3-7H2,1-2H3. The smallest absolute Gasteiger partial charge is 0.239 e. The van der Waals surface area contributed by atoms with E-state index in [1.54, 1.807) is 4.90 Å². The van der Waals surface area contributed by atoms with Gasteiger partial charge >= 0.3 is 0 Å². The minimum atomic E-state index is 0.0987. The number of amides is 1. The van der Waals surface area contributed by atoms with Gasteiger partial charge in [0.2, 0.25) is 5.91 Å². The number of hydrogen-bond donors (Lipinski definition) is 1. The Kier molecular flexibility index (Phi) is 3.53. The highest BCUT2D eigenvalue weighted by Gasteiger charge is 2.27. The Hall–Kier alpha value is -0.570. The largest absolute Gasteiger partial charge is 0.344 e. The topological polar surface area (TPSA) is 32.3 Å². The molecule has 0 radical (unpaired) electrons. The van der Waals surface area contributed by atoms with Gasteiger partial charge in [-0.15, -0.1) is 0 Å². The van der Waals surface area contributed by atoms with E-state index in [-0.39, 0.29) is 11.9 Å². The van der Waals surface area contributed by atoms with Crippen LogP contribution in [0.15, 0.2) is 0 Å². The van der Waals surface area contributed by atoms with Crippen molar-refractivity contribution in [3.8, 4) is 0 Å². The van der Waals surface area contributed by atoms with Crippen LogP contribution < -0.4 is 5.32 Å². The van der Waals surface area contributed by atoms with Crippen molar-refractivity contribution in [1.82, 2.24) is 10.2 Å². The Morgan fingerprint density at radius 3 is 2.92 bits per heavy atom. The molecule has 0 aromatic rings. The van der Waals surface area contributed by atoms with Crippen molar-refractivity contribution in [2.24, 2.45) is 0 Å². The molecule has 1 unspecified atom stereocenters. The number of likely N-dealkylation sites (N-methyl/N-ethyl adjacent to an activating group) is 1. The average molecular weight is 170 g/mol. The quantitative estimate of drug-likeness (QED) is 0.627. The van der Waals surface area contributed by atoms with Crippen LogP contribution in [0.1, 0.15) is 26.2 Å². The average Bonchev–Trinajstić information content (AvgIpc) is 2.36. The Bertz CT molecular complexity index is 159. The SMILES string of the molecule is CCCCNC1CCN(C)C1=O. The fraction of sp³-hybridized carbons (Fsp3) is 0.889. The molecule has 0 aromatic carbocycles. The molecule has 3 heteroatoms. The summed E-state index contributed by atoms with van der Waals surface area (Å²) >= 11 is 0. The zero-order valence-corrected chi connectivity index (χ0v) is 7.97. The molecule has 1 rings (SSSR count). The first-order chi connectivity index (χ1) is 5.75. The van der Waals surface area contributed by atoms with E-state index in [1.165, 1.54) is 6.42 Å². The lowest BCUT2D eigenvalue weighted by Gasteiger charge is -2.11. The van der Waals surface area contributed by atoms with Crippen LogP contribution in [0.4, 0.5) is 0 Å². The Labute approximate surface area is 74.1 Å². The van der Waals surface area contributed by atoms with Crippen LogP contribution in [0.5, 0.6) is 0 Å². The van der Waals surface area contributed by atoms with Crippen molar-refractivity contribution >= 4 is 5.91 Å². The number of rotatable bonds is 4. The maximum absolute atomic E-state index is 11.4. The summed E-state index contributed by atoms with van der Waals surface area (Å²) in [5.74, 6) is 0.256. The zero-order valence-electron chi connectivity index (χ0n) is 7.97. The minimum absolute atomic E-state index is 0.0987. The van der Waals surface area contributed by atoms with Gasteiger partial charge in [0, 0.05) is 13.6 Å². The maximum atomic E-state index is 11.4. The van der Waals surface area contributed by atoms with Gasteiger partial charge in [-0.25, -0.2) is 0 Å². The Morgan fingerprint density at radius 2 is 2.42 bits per heavy atom. The van der Waals surface area contributed by atoms with E-state index in [0.29, 0.717) is 0 Å². The van der Waals surface area contributed by atoms with Crippen LogP contribution in [0.2, 0.25) is 0 Å². The number of carbonyl (C=O) groups excluding carboxylic acids is 1. The van der Waals surface area contributed by atoms with Crippen molar-refractivity contribution in [3.63, 3.8) is 0 Å². The van der Waals surface area contributed by atoms with E-state index in [9.17, 15) is 4.79 Å². The van der Waals surface area contributed by atoms with Crippen LogP contribution >= 0.6 is 0 Å². The predicted octanol–water partition coefficient (Wildman–Crippen LogP) is 0.607. The van der Waals surface area contributed by atoms with Gasteiger partial charge in [0.25, 0.3) is 0 Å². The molecule has 1 saturated heterocycles. The van der Waals surface area contributed by atoms with Crippen molar-refractivity contribution < 1.29 is 4.79 Å². The van der Waals surface area contributed by atoms with Gasteiger partial charge in [-0.1, -0.05) is 13.3 Å². The number of likely N-dealkylation sites (tertiary alicyclic amines) is 1. The van der Waals surface area contributed by atoms with Crippen molar-refractivity contribution in [3.05, 3.63) is 0 Å². The molecule has 1 amide bonds. The summed E-state index contributed by atoms with van der Waals surface area (Å²) in [6.45, 7) is 4.04. The highest BCUT2D eigenvalue weighted by molar-refractivity contribution is 5.83. The van der Waals surface area contributed by atoms with Crippen molar-refractivity contribution in [2.75, 3.05) is 20.1 Å². The van der Waals surface area contributed by atoms with Gasteiger partial charge in [-0.3, -0.25) is 4.79 Å². The van der Waals surface area contributed by atoms with Gasteiger partial charge in [-0.05, 0) is 19.4 Å². The fourth-order valence-electron chi connectivity index (χ4n) is 1.46. The van der Waals surface area contributed by atoms with E-state index in [1.807, 2.05) is 7.05 Å². The van der Waals surface area contributed by atoms with Crippen molar-refractivity contribution in [1.29, 1.82) is 0 Å². The lowest BCUT2D eigenvalue weighted by molar-refractivity contribution is -0.128. The molecule has 1 atom stereocenters. The lowest BCUT2D eigenvalue weighted by atomic mass is 10.2. The normalized spacial score (nSPS) is 23.7. The molecule has 1 fully saturated rings. The molecule has 1 N–H and O–H groups in total. The van der Waals surface area contributed by atoms with Crippen LogP contribution in [-0.2, 0) is 4.79 Å². The molecule has 0 spiro atoms. The third-order valence-corrected chi connectivity index (χ3v) is 2.35. The van der Waals surface area contributed by atoms with E-state index in [4.69, 9.17) is 0 Å². The van der Waals surface area contributed by atoms with Gasteiger partial charge in [0.1, 0.15) is 0 Å². The zero-order chi connectivity index (χ0) is 8.97. The predicted molar refractivity (Wildman–Crippen MR) is 49.0 cm³/mol. The highest BCUT2D eigenvalue weighted by Crippen LogP contribution is 2.07. The summed E-state index contributed by atoms with van der Waals surface area (Å²) in [6.07, 6.45) is 3.32. The van der Waals surface area contributed by atoms with Crippen LogP contribution in [0.3, 0.4) is 0 Å². The van der Waals surface area contributed by atoms with E-state index >= 15 is 0 Å². The summed E-state index contributed by atoms with van der Waals surface area (Å²) in [4.78, 5) is 13.2. The summed E-state index contributed by atoms with van der Waals surface area (Å²) in [5, 5.41) is 3.27. The second-order valence-corrected chi connectivity index (χ2v) is 3.41. The monoisotopic (exact) mass is 170 g/mol. The van der Waals surface area contributed by atoms with Crippen molar-refractivity contribution in [2.45, 2.75) is 32.2 Å². The first-order valence-electron chi connectivity index (χ1n) is 4.74. The third-order valence-electron chi connectivity index (χ3n) is 2.35. The molecule has 1 aliphatic rings. The second kappa shape index (κ2) is 4.45. The van der Waals surface area contributed by atoms with E-state index < -0.39 is 0 Å². The number of nitrogens with one attached hydrogen (secondary N) is 1. The molecule has 0 aliphatic carbocycles. The van der Waals surface area contributed by atoms with E-state index in [2.05, 4.69) is 12.2 Å². The summed E-state index contributed by atoms with van der Waals surface area (Å²) < 4.78 is 0. The summed E-state index contributed by atoms with van der Waals surface area (Å²) in [7, 11) is 1.86. The Balaban J connectivity index is 2.20. The van der Waals surface area contributed by atoms with Crippen LogP contribution in [0, 0.1) is 0 Å². The van der Waals surface area contributed by atoms with Gasteiger partial charge in [-0.2, -0.15) is 0 Å². The fourth-order valence-corrected chi connectivity index (χ4v) is 1.46. The molecule has 1 heterocycles. The first-order valence-corrected chi connectivity index (χ1v) is 4.74. The maximum Gasteiger partial charge on any atom is 0.239 e. The number of nitrogens with zero attached hydrogens (tertiary/aromatic N) is 1. The number of carbonyl (C=O) groups is 1. The Morgan fingerprint density at radius 1 is 1.67 bits per heavy atom. The van der Waals surface area contributed by atoms with E-state index in [0.717, 1.165) is 25.9 Å². The van der Waals surface area contributed by atoms with Gasteiger partial charge in [0.05, 0.1) is 6.04 Å². The summed E-state index contributed by atoms with van der Waals surface area (Å²) in [5.41, 5.74) is 0. The van der Waals surface area contributed by atoms with Gasteiger partial charge < -0.3 is 10.2 Å². The van der Waals surface area contributed by atoms with Crippen LogP contribution in [0.25, 0.3) is 0 Å². The second-order valence-electron chi connectivity index (χ2n) is 3.41. The minimum Gasteiger partial charge on any atom is -0.344 e. The molecule has 0 aromatic heterocycles. The number of hydrogen-bond acceptors (Lipinski definition) is 2. The third kappa shape index (κ3) is 2.21. The summed E-state index contributed by atoms with van der Waals surface area (Å²) in [6, 6.07) is 0.0987. The molecule has 0 saturated carbocycles. The highest BCUT2D eigenvalue weighted by atomic mass is 16.2. The molecule has 12 heavy (non-hydrogen) atoms. The molecular formula is C9H18N2O. The molecule has 0 bridgehead atoms. The molecule has 70 valence electrons. The molecule has 3 nitrogen and oxygen atoms in total. The molecular weight excluding hydrogens is 152 g/mol. The first kappa shape index (κ1) is 9.52. The lowest BCUT2D eigenvalue weighted by Crippen LogP contribution is -2.37. The van der Waals surface area contributed by atoms with Crippen LogP contribution in [-0.4, -0.2) is 37.0 Å². The molecule has 1 aliphatic heterocycles.